The van der Waals surface area contributed by atoms with Gasteiger partial charge in [0.15, 0.2) is 8.32 Å². The summed E-state index contributed by atoms with van der Waals surface area (Å²) in [5.74, 6) is -0.282. The van der Waals surface area contributed by atoms with E-state index in [2.05, 4.69) is 39.9 Å². The molecule has 0 spiro atoms. The summed E-state index contributed by atoms with van der Waals surface area (Å²) in [6, 6.07) is 5.90. The summed E-state index contributed by atoms with van der Waals surface area (Å²) in [5.41, 5.74) is 2.66. The van der Waals surface area contributed by atoms with E-state index >= 15 is 0 Å². The van der Waals surface area contributed by atoms with Crippen molar-refractivity contribution >= 4 is 19.8 Å². The van der Waals surface area contributed by atoms with Gasteiger partial charge >= 0.3 is 5.97 Å². The monoisotopic (exact) mass is 333 g/mol. The first-order valence-corrected chi connectivity index (χ1v) is 11.0. The first-order chi connectivity index (χ1) is 10.6. The Hall–Kier alpha value is -1.59. The second-order valence-electron chi connectivity index (χ2n) is 7.37. The first-order valence-electron chi connectivity index (χ1n) is 8.06. The quantitative estimate of drug-likeness (QED) is 0.591. The minimum absolute atomic E-state index is 0.196. The molecule has 0 aliphatic rings. The number of aromatic nitrogens is 1. The number of pyridine rings is 1. The van der Waals surface area contributed by atoms with Crippen molar-refractivity contribution in [2.45, 2.75) is 52.4 Å². The van der Waals surface area contributed by atoms with Crippen LogP contribution in [0.5, 0.6) is 0 Å². The van der Waals surface area contributed by atoms with Crippen molar-refractivity contribution in [3.63, 3.8) is 0 Å². The average Bonchev–Trinajstić information content (AvgIpc) is 2.87. The second kappa shape index (κ2) is 6.49. The molecule has 0 bridgehead atoms. The van der Waals surface area contributed by atoms with Gasteiger partial charge in [-0.25, -0.2) is 4.79 Å². The number of rotatable bonds is 5. The molecule has 0 fully saturated rings. The van der Waals surface area contributed by atoms with Crippen LogP contribution in [0.25, 0.3) is 5.52 Å². The van der Waals surface area contributed by atoms with Gasteiger partial charge in [0.1, 0.15) is 0 Å². The molecule has 0 aliphatic heterocycles. The van der Waals surface area contributed by atoms with Crippen LogP contribution in [0.3, 0.4) is 0 Å². The summed E-state index contributed by atoms with van der Waals surface area (Å²) in [6.45, 7) is 14.0. The maximum Gasteiger partial charge on any atom is 0.339 e. The van der Waals surface area contributed by atoms with Crippen molar-refractivity contribution in [3.8, 4) is 0 Å². The van der Waals surface area contributed by atoms with E-state index in [1.807, 2.05) is 35.9 Å². The van der Waals surface area contributed by atoms with Gasteiger partial charge in [-0.15, -0.1) is 0 Å². The van der Waals surface area contributed by atoms with Gasteiger partial charge in [0.2, 0.25) is 0 Å². The molecular weight excluding hydrogens is 306 g/mol. The van der Waals surface area contributed by atoms with E-state index in [0.717, 1.165) is 11.1 Å². The number of esters is 1. The summed E-state index contributed by atoms with van der Waals surface area (Å²) in [5, 5.41) is 0.196. The van der Waals surface area contributed by atoms with Crippen LogP contribution >= 0.6 is 0 Å². The lowest BCUT2D eigenvalue weighted by Gasteiger charge is -2.36. The molecule has 23 heavy (non-hydrogen) atoms. The first kappa shape index (κ1) is 17.8. The van der Waals surface area contributed by atoms with Crippen molar-refractivity contribution in [2.75, 3.05) is 6.61 Å². The fraction of sp³-hybridized carbons (Fsp3) is 0.500. The molecule has 5 heteroatoms. The lowest BCUT2D eigenvalue weighted by molar-refractivity contribution is 0.0526. The molecule has 4 nitrogen and oxygen atoms in total. The highest BCUT2D eigenvalue weighted by Crippen LogP contribution is 2.37. The SMILES string of the molecule is CCOC(=O)c1cc2ccc(CO[Si](C)(C)C(C)(C)C)cn2c1. The Morgan fingerprint density at radius 1 is 1.22 bits per heavy atom. The number of carbonyl (C=O) groups excluding carboxylic acids is 1. The predicted octanol–water partition coefficient (Wildman–Crippen LogP) is 4.64. The van der Waals surface area contributed by atoms with E-state index in [9.17, 15) is 4.79 Å². The average molecular weight is 334 g/mol. The molecule has 0 radical (unpaired) electrons. The maximum absolute atomic E-state index is 11.8. The number of hydrogen-bond donors (Lipinski definition) is 0. The highest BCUT2D eigenvalue weighted by Gasteiger charge is 2.37. The lowest BCUT2D eigenvalue weighted by Crippen LogP contribution is -2.40. The smallest absolute Gasteiger partial charge is 0.339 e. The standard InChI is InChI=1S/C18H27NO3Si/c1-7-21-17(20)15-10-16-9-8-14(11-19(16)12-15)13-22-23(5,6)18(2,3)4/h8-12H,7,13H2,1-6H3. The summed E-state index contributed by atoms with van der Waals surface area (Å²) >= 11 is 0. The van der Waals surface area contributed by atoms with Crippen molar-refractivity contribution < 1.29 is 14.0 Å². The molecule has 126 valence electrons. The molecule has 0 N–H and O–H groups in total. The van der Waals surface area contributed by atoms with Crippen molar-refractivity contribution in [1.29, 1.82) is 0 Å². The Morgan fingerprint density at radius 3 is 2.52 bits per heavy atom. The van der Waals surface area contributed by atoms with Gasteiger partial charge in [-0.05, 0) is 42.8 Å². The third-order valence-electron chi connectivity index (χ3n) is 4.57. The lowest BCUT2D eigenvalue weighted by atomic mass is 10.2. The zero-order chi connectivity index (χ0) is 17.3. The van der Waals surface area contributed by atoms with Crippen LogP contribution in [0.1, 0.15) is 43.6 Å². The molecule has 2 aromatic rings. The van der Waals surface area contributed by atoms with Crippen LogP contribution in [-0.4, -0.2) is 25.3 Å². The van der Waals surface area contributed by atoms with Gasteiger partial charge < -0.3 is 13.6 Å². The fourth-order valence-corrected chi connectivity index (χ4v) is 3.01. The second-order valence-corrected chi connectivity index (χ2v) is 12.2. The largest absolute Gasteiger partial charge is 0.462 e. The number of hydrogen-bond acceptors (Lipinski definition) is 3. The Morgan fingerprint density at radius 2 is 1.91 bits per heavy atom. The van der Waals surface area contributed by atoms with E-state index in [0.29, 0.717) is 18.8 Å². The van der Waals surface area contributed by atoms with Gasteiger partial charge in [-0.3, -0.25) is 0 Å². The van der Waals surface area contributed by atoms with Gasteiger partial charge in [0.05, 0.1) is 18.8 Å². The van der Waals surface area contributed by atoms with E-state index in [4.69, 9.17) is 9.16 Å². The molecule has 0 saturated heterocycles. The zero-order valence-corrected chi connectivity index (χ0v) is 16.0. The fourth-order valence-electron chi connectivity index (χ4n) is 2.05. The highest BCUT2D eigenvalue weighted by molar-refractivity contribution is 6.74. The molecule has 0 atom stereocenters. The minimum Gasteiger partial charge on any atom is -0.462 e. The zero-order valence-electron chi connectivity index (χ0n) is 15.0. The Bertz CT molecular complexity index is 698. The Kier molecular flexibility index (Phi) is 5.01. The highest BCUT2D eigenvalue weighted by atomic mass is 28.4. The number of fused-ring (bicyclic) bond motifs is 1. The molecule has 2 heterocycles. The molecule has 0 aromatic carbocycles. The topological polar surface area (TPSA) is 39.9 Å². The maximum atomic E-state index is 11.8. The molecule has 0 saturated carbocycles. The van der Waals surface area contributed by atoms with Crippen LogP contribution in [-0.2, 0) is 15.8 Å². The third-order valence-corrected chi connectivity index (χ3v) is 9.05. The van der Waals surface area contributed by atoms with E-state index in [1.54, 1.807) is 0 Å². The van der Waals surface area contributed by atoms with Crippen molar-refractivity contribution in [2.24, 2.45) is 0 Å². The van der Waals surface area contributed by atoms with Gasteiger partial charge in [-0.2, -0.15) is 0 Å². The van der Waals surface area contributed by atoms with Gasteiger partial charge in [0.25, 0.3) is 0 Å². The van der Waals surface area contributed by atoms with Crippen molar-refractivity contribution in [1.82, 2.24) is 4.40 Å². The van der Waals surface area contributed by atoms with E-state index in [1.165, 1.54) is 0 Å². The van der Waals surface area contributed by atoms with Crippen LogP contribution < -0.4 is 0 Å². The van der Waals surface area contributed by atoms with E-state index < -0.39 is 8.32 Å². The van der Waals surface area contributed by atoms with Crippen LogP contribution in [0.4, 0.5) is 0 Å². The Balaban J connectivity index is 2.16. The number of nitrogens with zero attached hydrogens (tertiary/aromatic N) is 1. The molecule has 2 aromatic heterocycles. The van der Waals surface area contributed by atoms with Gasteiger partial charge in [0, 0.05) is 17.9 Å². The van der Waals surface area contributed by atoms with E-state index in [-0.39, 0.29) is 11.0 Å². The van der Waals surface area contributed by atoms with Crippen LogP contribution in [0.2, 0.25) is 18.1 Å². The number of ether oxygens (including phenoxy) is 1. The summed E-state index contributed by atoms with van der Waals surface area (Å²) < 4.78 is 13.3. The summed E-state index contributed by atoms with van der Waals surface area (Å²) in [7, 11) is -1.76. The Labute approximate surface area is 139 Å². The third kappa shape index (κ3) is 4.03. The summed E-state index contributed by atoms with van der Waals surface area (Å²) in [6.07, 6.45) is 3.83. The normalized spacial score (nSPS) is 12.6. The minimum atomic E-state index is -1.76. The molecule has 0 unspecified atom stereocenters. The number of carbonyl (C=O) groups is 1. The van der Waals surface area contributed by atoms with Crippen molar-refractivity contribution in [3.05, 3.63) is 41.7 Å². The molecule has 0 aliphatic carbocycles. The predicted molar refractivity (Wildman–Crippen MR) is 95.3 cm³/mol. The summed E-state index contributed by atoms with van der Waals surface area (Å²) in [4.78, 5) is 11.8. The molecule has 0 amide bonds. The van der Waals surface area contributed by atoms with Crippen LogP contribution in [0.15, 0.2) is 30.6 Å². The van der Waals surface area contributed by atoms with Crippen LogP contribution in [0, 0.1) is 0 Å². The van der Waals surface area contributed by atoms with Gasteiger partial charge in [-0.1, -0.05) is 26.8 Å². The molecule has 2 rings (SSSR count). The molecular formula is C18H27NO3Si.